The van der Waals surface area contributed by atoms with Crippen LogP contribution in [0.3, 0.4) is 0 Å². The lowest BCUT2D eigenvalue weighted by Gasteiger charge is -2.43. The van der Waals surface area contributed by atoms with Gasteiger partial charge in [0, 0.05) is 6.07 Å². The van der Waals surface area contributed by atoms with E-state index in [1.54, 1.807) is 26.8 Å². The van der Waals surface area contributed by atoms with Gasteiger partial charge in [-0.3, -0.25) is 10.1 Å². The fourth-order valence-electron chi connectivity index (χ4n) is 3.44. The maximum atomic E-state index is 15.2. The molecule has 2 N–H and O–H groups in total. The molecule has 0 radical (unpaired) electrons. The Labute approximate surface area is 206 Å². The van der Waals surface area contributed by atoms with Crippen molar-refractivity contribution in [1.29, 1.82) is 5.26 Å². The van der Waals surface area contributed by atoms with Crippen molar-refractivity contribution in [2.24, 2.45) is 0 Å². The first-order valence-corrected chi connectivity index (χ1v) is 11.0. The van der Waals surface area contributed by atoms with E-state index in [2.05, 4.69) is 30.5 Å². The summed E-state index contributed by atoms with van der Waals surface area (Å²) in [4.78, 5) is 25.6. The standard InChI is InChI=1S/C23H25FN8O4/c1-22(2,3)36-21(33)32-11-23(24,12-32)13-35-17-9-26-8-16(34-4)20(17)15-5-18(31-30-15)29-19-10-27-14(6-25)7-28-19/h5,7-10H,11-13H2,1-4H3,(H2,28,29,30,31). The number of nitriles is 1. The molecule has 0 atom stereocenters. The number of rotatable bonds is 7. The lowest BCUT2D eigenvalue weighted by molar-refractivity contribution is -0.0685. The molecule has 0 aliphatic carbocycles. The van der Waals surface area contributed by atoms with Crippen molar-refractivity contribution < 1.29 is 23.4 Å². The van der Waals surface area contributed by atoms with Crippen LogP contribution in [0.25, 0.3) is 11.3 Å². The van der Waals surface area contributed by atoms with E-state index < -0.39 is 17.4 Å². The highest BCUT2D eigenvalue weighted by atomic mass is 19.1. The number of carbonyl (C=O) groups is 1. The minimum atomic E-state index is -1.73. The van der Waals surface area contributed by atoms with E-state index in [0.717, 1.165) is 0 Å². The number of nitrogens with zero attached hydrogens (tertiary/aromatic N) is 6. The second kappa shape index (κ2) is 9.65. The fourth-order valence-corrected chi connectivity index (χ4v) is 3.44. The second-order valence-corrected chi connectivity index (χ2v) is 9.18. The minimum Gasteiger partial charge on any atom is -0.494 e. The second-order valence-electron chi connectivity index (χ2n) is 9.18. The zero-order valence-corrected chi connectivity index (χ0v) is 20.2. The molecule has 3 aromatic rings. The van der Waals surface area contributed by atoms with Crippen LogP contribution in [0, 0.1) is 11.3 Å². The highest BCUT2D eigenvalue weighted by Gasteiger charge is 2.48. The molecule has 0 aromatic carbocycles. The summed E-state index contributed by atoms with van der Waals surface area (Å²) in [6.45, 7) is 4.68. The first-order chi connectivity index (χ1) is 17.1. The number of alkyl halides is 1. The van der Waals surface area contributed by atoms with E-state index in [-0.39, 0.29) is 31.1 Å². The number of H-pyrrole nitrogens is 1. The van der Waals surface area contributed by atoms with Gasteiger partial charge in [-0.05, 0) is 20.8 Å². The van der Waals surface area contributed by atoms with Gasteiger partial charge in [0.05, 0.1) is 56.2 Å². The topological polar surface area (TPSA) is 151 Å². The highest BCUT2D eigenvalue weighted by Crippen LogP contribution is 2.38. The van der Waals surface area contributed by atoms with Gasteiger partial charge >= 0.3 is 6.09 Å². The quantitative estimate of drug-likeness (QED) is 0.499. The smallest absolute Gasteiger partial charge is 0.410 e. The summed E-state index contributed by atoms with van der Waals surface area (Å²) < 4.78 is 31.7. The van der Waals surface area contributed by atoms with Crippen molar-refractivity contribution in [3.8, 4) is 28.8 Å². The number of aromatic amines is 1. The molecule has 3 aromatic heterocycles. The minimum absolute atomic E-state index is 0.140. The average molecular weight is 497 g/mol. The Balaban J connectivity index is 1.46. The van der Waals surface area contributed by atoms with Crippen LogP contribution in [0.4, 0.5) is 20.8 Å². The molecule has 0 spiro atoms. The van der Waals surface area contributed by atoms with Crippen molar-refractivity contribution >= 4 is 17.7 Å². The largest absolute Gasteiger partial charge is 0.494 e. The maximum Gasteiger partial charge on any atom is 0.410 e. The maximum absolute atomic E-state index is 15.2. The summed E-state index contributed by atoms with van der Waals surface area (Å²) in [5.74, 6) is 1.47. The number of ether oxygens (including phenoxy) is 3. The van der Waals surface area contributed by atoms with Crippen LogP contribution in [0.5, 0.6) is 11.5 Å². The number of anilines is 2. The molecule has 1 aliphatic rings. The average Bonchev–Trinajstić information content (AvgIpc) is 3.28. The first kappa shape index (κ1) is 24.6. The molecule has 4 heterocycles. The molecule has 36 heavy (non-hydrogen) atoms. The number of hydrogen-bond acceptors (Lipinski definition) is 10. The van der Waals surface area contributed by atoms with Crippen molar-refractivity contribution in [2.75, 3.05) is 32.1 Å². The summed E-state index contributed by atoms with van der Waals surface area (Å²) in [6, 6.07) is 3.58. The molecule has 188 valence electrons. The van der Waals surface area contributed by atoms with Crippen LogP contribution in [-0.4, -0.2) is 74.2 Å². The van der Waals surface area contributed by atoms with E-state index in [0.29, 0.717) is 28.6 Å². The molecule has 4 rings (SSSR count). The number of aromatic nitrogens is 5. The SMILES string of the molecule is COc1cncc(OCC2(F)CN(C(=O)OC(C)(C)C)C2)c1-c1cc(Nc2cnc(C#N)cn2)n[nH]1. The zero-order valence-electron chi connectivity index (χ0n) is 20.2. The summed E-state index contributed by atoms with van der Waals surface area (Å²) in [7, 11) is 1.48. The Bertz CT molecular complexity index is 1280. The van der Waals surface area contributed by atoms with Gasteiger partial charge in [-0.1, -0.05) is 0 Å². The van der Waals surface area contributed by atoms with Crippen LogP contribution in [-0.2, 0) is 4.74 Å². The van der Waals surface area contributed by atoms with Crippen molar-refractivity contribution in [3.05, 3.63) is 36.5 Å². The summed E-state index contributed by atoms with van der Waals surface area (Å²) in [5.41, 5.74) is -1.19. The lowest BCUT2D eigenvalue weighted by Crippen LogP contribution is -2.64. The molecule has 1 fully saturated rings. The zero-order chi connectivity index (χ0) is 25.9. The van der Waals surface area contributed by atoms with Crippen molar-refractivity contribution in [3.63, 3.8) is 0 Å². The van der Waals surface area contributed by atoms with Crippen LogP contribution < -0.4 is 14.8 Å². The third kappa shape index (κ3) is 5.60. The number of nitrogens with one attached hydrogen (secondary N) is 2. The van der Waals surface area contributed by atoms with Crippen molar-refractivity contribution in [1.82, 2.24) is 30.0 Å². The molecule has 13 heteroatoms. The normalized spacial score (nSPS) is 14.4. The highest BCUT2D eigenvalue weighted by molar-refractivity contribution is 5.75. The Hall–Kier alpha value is -4.47. The Morgan fingerprint density at radius 3 is 2.61 bits per heavy atom. The van der Waals surface area contributed by atoms with Gasteiger partial charge in [-0.15, -0.1) is 0 Å². The van der Waals surface area contributed by atoms with Crippen LogP contribution >= 0.6 is 0 Å². The number of methoxy groups -OCH3 is 1. The molecule has 12 nitrogen and oxygen atoms in total. The van der Waals surface area contributed by atoms with E-state index in [4.69, 9.17) is 19.5 Å². The Morgan fingerprint density at radius 2 is 1.97 bits per heavy atom. The molecule has 1 saturated heterocycles. The van der Waals surface area contributed by atoms with Crippen LogP contribution in [0.2, 0.25) is 0 Å². The number of pyridine rings is 1. The molecule has 1 amide bonds. The number of carbonyl (C=O) groups excluding carboxylic acids is 1. The Kier molecular flexibility index (Phi) is 6.61. The van der Waals surface area contributed by atoms with Gasteiger partial charge in [-0.2, -0.15) is 10.4 Å². The molecular formula is C23H25FN8O4. The van der Waals surface area contributed by atoms with Crippen molar-refractivity contribution in [2.45, 2.75) is 32.0 Å². The number of halogens is 1. The summed E-state index contributed by atoms with van der Waals surface area (Å²) in [5, 5.41) is 18.9. The predicted octanol–water partition coefficient (Wildman–Crippen LogP) is 3.22. The summed E-state index contributed by atoms with van der Waals surface area (Å²) >= 11 is 0. The molecule has 0 saturated carbocycles. The molecule has 0 bridgehead atoms. The van der Waals surface area contributed by atoms with Gasteiger partial charge in [-0.25, -0.2) is 19.2 Å². The van der Waals surface area contributed by atoms with Gasteiger partial charge < -0.3 is 24.4 Å². The molecular weight excluding hydrogens is 471 g/mol. The van der Waals surface area contributed by atoms with E-state index >= 15 is 4.39 Å². The van der Waals surface area contributed by atoms with Gasteiger partial charge in [0.15, 0.2) is 22.9 Å². The monoisotopic (exact) mass is 496 g/mol. The number of amides is 1. The first-order valence-electron chi connectivity index (χ1n) is 11.0. The van der Waals surface area contributed by atoms with Gasteiger partial charge in [0.2, 0.25) is 0 Å². The number of likely N-dealkylation sites (tertiary alicyclic amines) is 1. The van der Waals surface area contributed by atoms with E-state index in [1.165, 1.54) is 36.8 Å². The summed E-state index contributed by atoms with van der Waals surface area (Å²) in [6.07, 6.45) is 5.13. The van der Waals surface area contributed by atoms with E-state index in [1.807, 2.05) is 6.07 Å². The molecule has 0 unspecified atom stereocenters. The van der Waals surface area contributed by atoms with Crippen LogP contribution in [0.1, 0.15) is 26.5 Å². The fraction of sp³-hybridized carbons (Fsp3) is 0.391. The Morgan fingerprint density at radius 1 is 1.22 bits per heavy atom. The predicted molar refractivity (Wildman–Crippen MR) is 126 cm³/mol. The third-order valence-corrected chi connectivity index (χ3v) is 5.05. The third-order valence-electron chi connectivity index (χ3n) is 5.05. The van der Waals surface area contributed by atoms with Crippen LogP contribution in [0.15, 0.2) is 30.9 Å². The van der Waals surface area contributed by atoms with E-state index in [9.17, 15) is 4.79 Å². The van der Waals surface area contributed by atoms with Gasteiger partial charge in [0.1, 0.15) is 29.8 Å². The number of hydrogen-bond donors (Lipinski definition) is 2. The lowest BCUT2D eigenvalue weighted by atomic mass is 9.98. The van der Waals surface area contributed by atoms with Gasteiger partial charge in [0.25, 0.3) is 0 Å². The molecule has 1 aliphatic heterocycles.